The number of esters is 3. The largest absolute Gasteiger partial charge is 0.508 e. The molecule has 1 aromatic carbocycles. The lowest BCUT2D eigenvalue weighted by Crippen LogP contribution is -2.36. The molecule has 0 heterocycles. The highest BCUT2D eigenvalue weighted by Gasteiger charge is 2.20. The predicted molar refractivity (Wildman–Crippen MR) is 122 cm³/mol. The first-order valence-corrected chi connectivity index (χ1v) is 11.4. The van der Waals surface area contributed by atoms with E-state index in [-0.39, 0.29) is 44.0 Å². The Labute approximate surface area is 200 Å². The van der Waals surface area contributed by atoms with E-state index in [1.807, 2.05) is 13.8 Å². The quantitative estimate of drug-likeness (QED) is 0.329. The van der Waals surface area contributed by atoms with Crippen LogP contribution in [0, 0.1) is 5.92 Å². The molecule has 0 saturated carbocycles. The highest BCUT2D eigenvalue weighted by molar-refractivity contribution is 5.77. The fraction of sp³-hybridized carbons (Fsp3) is 0.583. The lowest BCUT2D eigenvalue weighted by Gasteiger charge is -2.17. The average Bonchev–Trinajstić information content (AvgIpc) is 2.78. The minimum Gasteiger partial charge on any atom is -0.461 e. The van der Waals surface area contributed by atoms with Crippen molar-refractivity contribution in [1.82, 2.24) is 0 Å². The molecule has 10 nitrogen and oxygen atoms in total. The van der Waals surface area contributed by atoms with Crippen LogP contribution in [0.4, 0.5) is 4.79 Å². The van der Waals surface area contributed by atoms with Gasteiger partial charge >= 0.3 is 24.1 Å². The molecule has 10 heteroatoms. The van der Waals surface area contributed by atoms with Gasteiger partial charge in [0.2, 0.25) is 0 Å². The Morgan fingerprint density at radius 3 is 2.12 bits per heavy atom. The molecule has 34 heavy (non-hydrogen) atoms. The molecule has 1 aromatic rings. The van der Waals surface area contributed by atoms with Crippen molar-refractivity contribution in [1.29, 1.82) is 0 Å². The van der Waals surface area contributed by atoms with Crippen LogP contribution in [0.1, 0.15) is 59.4 Å². The zero-order chi connectivity index (χ0) is 25.7. The number of carbonyl (C=O) groups is 4. The number of rotatable bonds is 13. The van der Waals surface area contributed by atoms with Gasteiger partial charge in [0, 0.05) is 12.8 Å². The summed E-state index contributed by atoms with van der Waals surface area (Å²) in [6, 6.07) is 3.54. The Bertz CT molecular complexity index is 838. The maximum Gasteiger partial charge on any atom is 0.508 e. The SMILES string of the molecule is CCC(=O)Oc1ccc(C[C@H](N)C(=O)OC[C@H](C)OC(=O)OCCC(C)C)cc1OC(=O)CC. The van der Waals surface area contributed by atoms with Crippen LogP contribution in [-0.2, 0) is 35.0 Å². The third-order valence-electron chi connectivity index (χ3n) is 4.46. The first-order valence-electron chi connectivity index (χ1n) is 11.4. The molecule has 0 spiro atoms. The van der Waals surface area contributed by atoms with Crippen LogP contribution in [0.25, 0.3) is 0 Å². The molecular formula is C24H35NO9. The molecule has 1 rings (SSSR count). The second kappa shape index (κ2) is 14.9. The zero-order valence-electron chi connectivity index (χ0n) is 20.5. The van der Waals surface area contributed by atoms with Crippen molar-refractivity contribution in [2.45, 2.75) is 72.4 Å². The molecule has 2 N–H and O–H groups in total. The summed E-state index contributed by atoms with van der Waals surface area (Å²) < 4.78 is 25.5. The monoisotopic (exact) mass is 481 g/mol. The molecule has 0 aromatic heterocycles. The van der Waals surface area contributed by atoms with E-state index in [2.05, 4.69) is 0 Å². The smallest absolute Gasteiger partial charge is 0.461 e. The van der Waals surface area contributed by atoms with Crippen molar-refractivity contribution in [2.24, 2.45) is 11.7 Å². The van der Waals surface area contributed by atoms with Crippen molar-refractivity contribution in [3.8, 4) is 11.5 Å². The zero-order valence-corrected chi connectivity index (χ0v) is 20.5. The predicted octanol–water partition coefficient (Wildman–Crippen LogP) is 3.32. The van der Waals surface area contributed by atoms with Crippen LogP contribution in [0.5, 0.6) is 11.5 Å². The van der Waals surface area contributed by atoms with Crippen molar-refractivity contribution in [3.05, 3.63) is 23.8 Å². The van der Waals surface area contributed by atoms with Gasteiger partial charge < -0.3 is 29.4 Å². The second-order valence-electron chi connectivity index (χ2n) is 8.09. The maximum absolute atomic E-state index is 12.3. The van der Waals surface area contributed by atoms with Gasteiger partial charge in [-0.15, -0.1) is 0 Å². The van der Waals surface area contributed by atoms with Gasteiger partial charge in [-0.25, -0.2) is 4.79 Å². The molecule has 0 aliphatic rings. The van der Waals surface area contributed by atoms with Crippen molar-refractivity contribution < 1.29 is 42.9 Å². The molecule has 190 valence electrons. The van der Waals surface area contributed by atoms with Crippen LogP contribution < -0.4 is 15.2 Å². The summed E-state index contributed by atoms with van der Waals surface area (Å²) in [7, 11) is 0. The van der Waals surface area contributed by atoms with E-state index in [4.69, 9.17) is 29.4 Å². The van der Waals surface area contributed by atoms with Gasteiger partial charge in [0.25, 0.3) is 0 Å². The number of carbonyl (C=O) groups excluding carboxylic acids is 4. The van der Waals surface area contributed by atoms with E-state index >= 15 is 0 Å². The third-order valence-corrected chi connectivity index (χ3v) is 4.46. The Balaban J connectivity index is 2.64. The normalized spacial score (nSPS) is 12.4. The summed E-state index contributed by atoms with van der Waals surface area (Å²) in [5.41, 5.74) is 6.52. The third kappa shape index (κ3) is 11.1. The summed E-state index contributed by atoms with van der Waals surface area (Å²) in [6.45, 7) is 8.92. The fourth-order valence-electron chi connectivity index (χ4n) is 2.49. The summed E-state index contributed by atoms with van der Waals surface area (Å²) in [4.78, 5) is 47.3. The molecule has 0 aliphatic heterocycles. The lowest BCUT2D eigenvalue weighted by atomic mass is 10.1. The number of hydrogen-bond acceptors (Lipinski definition) is 10. The van der Waals surface area contributed by atoms with Gasteiger partial charge in [0.05, 0.1) is 6.61 Å². The van der Waals surface area contributed by atoms with Crippen molar-refractivity contribution in [2.75, 3.05) is 13.2 Å². The van der Waals surface area contributed by atoms with Crippen LogP contribution in [0.3, 0.4) is 0 Å². The van der Waals surface area contributed by atoms with Gasteiger partial charge in [-0.05, 0) is 43.4 Å². The van der Waals surface area contributed by atoms with Gasteiger partial charge in [-0.2, -0.15) is 0 Å². The van der Waals surface area contributed by atoms with Crippen molar-refractivity contribution in [3.63, 3.8) is 0 Å². The molecule has 0 radical (unpaired) electrons. The summed E-state index contributed by atoms with van der Waals surface area (Å²) in [6.07, 6.45) is -0.472. The number of hydrogen-bond donors (Lipinski definition) is 1. The fourth-order valence-corrected chi connectivity index (χ4v) is 2.49. The maximum atomic E-state index is 12.3. The molecule has 0 fully saturated rings. The highest BCUT2D eigenvalue weighted by Crippen LogP contribution is 2.30. The van der Waals surface area contributed by atoms with Gasteiger partial charge in [-0.3, -0.25) is 14.4 Å². The minimum absolute atomic E-state index is 0.0599. The van der Waals surface area contributed by atoms with E-state index in [9.17, 15) is 19.2 Å². The number of benzene rings is 1. The van der Waals surface area contributed by atoms with Crippen LogP contribution >= 0.6 is 0 Å². The van der Waals surface area contributed by atoms with Gasteiger partial charge in [0.1, 0.15) is 18.8 Å². The summed E-state index contributed by atoms with van der Waals surface area (Å²) in [5.74, 6) is -1.14. The standard InChI is InChI=1S/C24H35NO9/c1-6-21(26)33-19-9-8-17(13-20(19)34-22(27)7-2)12-18(25)23(28)31-14-16(5)32-24(29)30-11-10-15(3)4/h8-9,13,15-16,18H,6-7,10-12,14,25H2,1-5H3/t16-,18-/m0/s1. The van der Waals surface area contributed by atoms with Crippen molar-refractivity contribution >= 4 is 24.1 Å². The molecule has 0 bridgehead atoms. The van der Waals surface area contributed by atoms with Gasteiger partial charge in [-0.1, -0.05) is 33.8 Å². The number of ether oxygens (including phenoxy) is 5. The molecule has 2 atom stereocenters. The Hall–Kier alpha value is -3.14. The van der Waals surface area contributed by atoms with E-state index in [0.29, 0.717) is 17.9 Å². The first kappa shape index (κ1) is 28.9. The topological polar surface area (TPSA) is 140 Å². The van der Waals surface area contributed by atoms with E-state index < -0.39 is 36.2 Å². The Morgan fingerprint density at radius 2 is 1.53 bits per heavy atom. The Kier molecular flexibility index (Phi) is 12.7. The first-order chi connectivity index (χ1) is 16.0. The van der Waals surface area contributed by atoms with Gasteiger partial charge in [0.15, 0.2) is 11.5 Å². The Morgan fingerprint density at radius 1 is 0.912 bits per heavy atom. The summed E-state index contributed by atoms with van der Waals surface area (Å²) >= 11 is 0. The lowest BCUT2D eigenvalue weighted by molar-refractivity contribution is -0.148. The van der Waals surface area contributed by atoms with Crippen LogP contribution in [-0.4, -0.2) is 49.4 Å². The molecule has 0 aliphatic carbocycles. The summed E-state index contributed by atoms with van der Waals surface area (Å²) in [5, 5.41) is 0. The number of nitrogens with two attached hydrogens (primary N) is 1. The van der Waals surface area contributed by atoms with Crippen LogP contribution in [0.15, 0.2) is 18.2 Å². The minimum atomic E-state index is -1.02. The molecule has 0 saturated heterocycles. The van der Waals surface area contributed by atoms with E-state index in [1.165, 1.54) is 12.1 Å². The molecule has 0 unspecified atom stereocenters. The van der Waals surface area contributed by atoms with E-state index in [0.717, 1.165) is 0 Å². The average molecular weight is 482 g/mol. The molecule has 0 amide bonds. The molecular weight excluding hydrogens is 446 g/mol. The highest BCUT2D eigenvalue weighted by atomic mass is 16.7. The van der Waals surface area contributed by atoms with E-state index in [1.54, 1.807) is 26.8 Å². The second-order valence-corrected chi connectivity index (χ2v) is 8.09. The van der Waals surface area contributed by atoms with Crippen LogP contribution in [0.2, 0.25) is 0 Å².